The first kappa shape index (κ1) is 6.02. The first-order chi connectivity index (χ1) is 4.20. The van der Waals surface area contributed by atoms with E-state index in [9.17, 15) is 4.79 Å². The molecule has 0 aliphatic carbocycles. The maximum absolute atomic E-state index is 10.6. The van der Waals surface area contributed by atoms with Gasteiger partial charge in [-0.05, 0) is 6.07 Å². The number of nitrogen functional groups attached to an aromatic ring is 1. The van der Waals surface area contributed by atoms with E-state index >= 15 is 0 Å². The Morgan fingerprint density at radius 3 is 2.89 bits per heavy atom. The maximum atomic E-state index is 10.6. The van der Waals surface area contributed by atoms with E-state index in [1.54, 1.807) is 0 Å². The number of anilines is 1. The van der Waals surface area contributed by atoms with Gasteiger partial charge >= 0.3 is 5.69 Å². The van der Waals surface area contributed by atoms with Gasteiger partial charge in [0.2, 0.25) is 10.4 Å². The molecule has 5 heteroatoms. The van der Waals surface area contributed by atoms with Gasteiger partial charge in [0.25, 0.3) is 0 Å². The molecule has 0 bridgehead atoms. The van der Waals surface area contributed by atoms with E-state index in [1.165, 1.54) is 12.3 Å². The molecular weight excluding hydrogens is 134 g/mol. The predicted octanol–water partition coefficient (Wildman–Crippen LogP) is -1.24. The molecule has 0 aliphatic heterocycles. The summed E-state index contributed by atoms with van der Waals surface area (Å²) in [5.41, 5.74) is 4.77. The minimum absolute atomic E-state index is 0.231. The fraction of sp³-hybridized carbons (Fsp3) is 0. The Morgan fingerprint density at radius 1 is 1.78 bits per heavy atom. The molecule has 4 nitrogen and oxygen atoms in total. The summed E-state index contributed by atoms with van der Waals surface area (Å²) in [4.78, 5) is 14.0. The summed E-state index contributed by atoms with van der Waals surface area (Å²) >= 11 is 0. The van der Waals surface area contributed by atoms with Crippen molar-refractivity contribution < 1.29 is 0 Å². The first-order valence-electron chi connectivity index (χ1n) is 2.27. The molecule has 1 aromatic heterocycles. The van der Waals surface area contributed by atoms with Gasteiger partial charge in [-0.3, -0.25) is 0 Å². The van der Waals surface area contributed by atoms with Crippen LogP contribution >= 0.6 is 0 Å². The Bertz CT molecular complexity index is 269. The van der Waals surface area contributed by atoms with Gasteiger partial charge in [0, 0.05) is 6.20 Å². The van der Waals surface area contributed by atoms with Gasteiger partial charge in [-0.1, -0.05) is 0 Å². The number of nitrogens with two attached hydrogens (primary N) is 1. The number of nitrogens with zero attached hydrogens (tertiary/aromatic N) is 2. The van der Waals surface area contributed by atoms with Gasteiger partial charge in [0.05, 0.1) is 0 Å². The third kappa shape index (κ3) is 1.17. The van der Waals surface area contributed by atoms with Crippen LogP contribution in [-0.4, -0.2) is 19.6 Å². The van der Waals surface area contributed by atoms with E-state index in [1.807, 2.05) is 0 Å². The molecule has 0 spiro atoms. The standard InChI is InChI=1S/C4H4N3OSi/c5-3-1-2-7(9)4(8)6-3/h1-2H,(H2,5,6,8). The maximum Gasteiger partial charge on any atom is 0.341 e. The molecule has 9 heavy (non-hydrogen) atoms. The zero-order chi connectivity index (χ0) is 6.85. The zero-order valence-corrected chi connectivity index (χ0v) is 5.53. The predicted molar refractivity (Wildman–Crippen MR) is 34.1 cm³/mol. The van der Waals surface area contributed by atoms with E-state index in [-0.39, 0.29) is 5.82 Å². The van der Waals surface area contributed by atoms with Crippen LogP contribution in [-0.2, 0) is 0 Å². The summed E-state index contributed by atoms with van der Waals surface area (Å²) in [5.74, 6) is 0.231. The second-order valence-electron chi connectivity index (χ2n) is 1.50. The molecular formula is C4H4N3OSi. The van der Waals surface area contributed by atoms with Crippen molar-refractivity contribution in [2.75, 3.05) is 5.73 Å². The summed E-state index contributed by atoms with van der Waals surface area (Å²) in [6.07, 6.45) is 1.49. The Kier molecular flexibility index (Phi) is 1.35. The summed E-state index contributed by atoms with van der Waals surface area (Å²) in [7, 11) is 2.96. The average molecular weight is 138 g/mol. The van der Waals surface area contributed by atoms with Crippen LogP contribution in [0.4, 0.5) is 5.82 Å². The van der Waals surface area contributed by atoms with Gasteiger partial charge in [0.1, 0.15) is 5.82 Å². The summed E-state index contributed by atoms with van der Waals surface area (Å²) in [6.45, 7) is 0. The summed E-state index contributed by atoms with van der Waals surface area (Å²) in [5, 5.41) is 0. The third-order valence-corrected chi connectivity index (χ3v) is 1.17. The van der Waals surface area contributed by atoms with E-state index in [0.717, 1.165) is 4.23 Å². The van der Waals surface area contributed by atoms with Crippen LogP contribution in [0.5, 0.6) is 0 Å². The molecule has 1 heterocycles. The highest BCUT2D eigenvalue weighted by Gasteiger charge is 1.88. The molecule has 0 fully saturated rings. The molecule has 1 rings (SSSR count). The van der Waals surface area contributed by atoms with Crippen molar-refractivity contribution in [1.29, 1.82) is 0 Å². The molecule has 0 saturated carbocycles. The molecule has 45 valence electrons. The topological polar surface area (TPSA) is 60.9 Å². The lowest BCUT2D eigenvalue weighted by atomic mass is 10.6. The molecule has 1 aromatic rings. The minimum atomic E-state index is -0.410. The highest BCUT2D eigenvalue weighted by atomic mass is 28.2. The third-order valence-electron chi connectivity index (χ3n) is 0.825. The SMILES string of the molecule is Nc1ccn([Si])c(=O)n1. The first-order valence-corrected chi connectivity index (χ1v) is 2.71. The van der Waals surface area contributed by atoms with Crippen molar-refractivity contribution in [3.63, 3.8) is 0 Å². The normalized spacial score (nSPS) is 9.44. The lowest BCUT2D eigenvalue weighted by Crippen LogP contribution is -2.21. The van der Waals surface area contributed by atoms with Gasteiger partial charge in [-0.15, -0.1) is 0 Å². The van der Waals surface area contributed by atoms with Gasteiger partial charge < -0.3 is 9.97 Å². The number of aromatic nitrogens is 2. The number of rotatable bonds is 0. The molecule has 3 radical (unpaired) electrons. The molecule has 0 unspecified atom stereocenters. The van der Waals surface area contributed by atoms with E-state index < -0.39 is 5.69 Å². The Hall–Kier alpha value is -1.10. The quantitative estimate of drug-likeness (QED) is 0.456. The van der Waals surface area contributed by atoms with Crippen molar-refractivity contribution in [3.05, 3.63) is 22.7 Å². The summed E-state index contributed by atoms with van der Waals surface area (Å²) < 4.78 is 1.16. The molecule has 0 amide bonds. The van der Waals surface area contributed by atoms with Crippen LogP contribution in [0.25, 0.3) is 0 Å². The van der Waals surface area contributed by atoms with E-state index in [4.69, 9.17) is 5.73 Å². The van der Waals surface area contributed by atoms with Crippen molar-refractivity contribution in [2.24, 2.45) is 0 Å². The lowest BCUT2D eigenvalue weighted by Gasteiger charge is -1.92. The largest absolute Gasteiger partial charge is 0.383 e. The van der Waals surface area contributed by atoms with Crippen molar-refractivity contribution >= 4 is 16.2 Å². The number of hydrogen-bond donors (Lipinski definition) is 1. The van der Waals surface area contributed by atoms with E-state index in [2.05, 4.69) is 15.4 Å². The molecule has 0 saturated heterocycles. The van der Waals surface area contributed by atoms with Crippen molar-refractivity contribution in [3.8, 4) is 0 Å². The minimum Gasteiger partial charge on any atom is -0.383 e. The lowest BCUT2D eigenvalue weighted by molar-refractivity contribution is 1.01. The molecule has 2 N–H and O–H groups in total. The van der Waals surface area contributed by atoms with Crippen LogP contribution in [0.15, 0.2) is 17.1 Å². The highest BCUT2D eigenvalue weighted by molar-refractivity contribution is 6.06. The monoisotopic (exact) mass is 138 g/mol. The smallest absolute Gasteiger partial charge is 0.341 e. The van der Waals surface area contributed by atoms with E-state index in [0.29, 0.717) is 0 Å². The second-order valence-corrected chi connectivity index (χ2v) is 1.99. The summed E-state index contributed by atoms with van der Waals surface area (Å²) in [6, 6.07) is 1.52. The second kappa shape index (κ2) is 2.02. The van der Waals surface area contributed by atoms with Crippen molar-refractivity contribution in [2.45, 2.75) is 0 Å². The highest BCUT2D eigenvalue weighted by Crippen LogP contribution is 1.85. The fourth-order valence-electron chi connectivity index (χ4n) is 0.416. The van der Waals surface area contributed by atoms with Gasteiger partial charge in [-0.2, -0.15) is 4.98 Å². The van der Waals surface area contributed by atoms with Crippen LogP contribution in [0.1, 0.15) is 0 Å². The fourth-order valence-corrected chi connectivity index (χ4v) is 0.541. The van der Waals surface area contributed by atoms with Crippen LogP contribution in [0, 0.1) is 0 Å². The average Bonchev–Trinajstić information content (AvgIpc) is 1.80. The van der Waals surface area contributed by atoms with Gasteiger partial charge in [0.15, 0.2) is 0 Å². The Morgan fingerprint density at radius 2 is 2.44 bits per heavy atom. The molecule has 0 aromatic carbocycles. The Balaban J connectivity index is 3.34. The molecule has 0 atom stereocenters. The van der Waals surface area contributed by atoms with Gasteiger partial charge in [-0.25, -0.2) is 4.79 Å². The van der Waals surface area contributed by atoms with Crippen LogP contribution < -0.4 is 11.4 Å². The number of hydrogen-bond acceptors (Lipinski definition) is 3. The van der Waals surface area contributed by atoms with Crippen molar-refractivity contribution in [1.82, 2.24) is 9.22 Å². The van der Waals surface area contributed by atoms with Crippen LogP contribution in [0.2, 0.25) is 0 Å². The van der Waals surface area contributed by atoms with Crippen LogP contribution in [0.3, 0.4) is 0 Å². The molecule has 0 aliphatic rings. The Labute approximate surface area is 54.8 Å². The zero-order valence-electron chi connectivity index (χ0n) is 4.53.